The minimum absolute atomic E-state index is 0.334. The van der Waals surface area contributed by atoms with E-state index in [1.54, 1.807) is 18.5 Å². The minimum atomic E-state index is -1.04. The van der Waals surface area contributed by atoms with Gasteiger partial charge in [-0.15, -0.1) is 0 Å². The molecule has 1 aromatic heterocycles. The summed E-state index contributed by atoms with van der Waals surface area (Å²) in [5, 5.41) is 0. The van der Waals surface area contributed by atoms with E-state index in [1.165, 1.54) is 0 Å². The van der Waals surface area contributed by atoms with Crippen LogP contribution in [0.1, 0.15) is 39.7 Å². The van der Waals surface area contributed by atoms with E-state index in [4.69, 9.17) is 14.0 Å². The number of ether oxygens (including phenoxy) is 1. The standard InChI is InChI=1S/C21H25BFNO3/c1-20(2)21(3,4)27-22(26-20)19(23)18(16-9-8-13-24-15-16)12-14-25-17-10-6-5-7-11-17/h5-11,13,15H,12,14H2,1-4H3. The fourth-order valence-electron chi connectivity index (χ4n) is 2.82. The molecule has 0 N–H and O–H groups in total. The summed E-state index contributed by atoms with van der Waals surface area (Å²) < 4.78 is 32.9. The molecule has 6 heteroatoms. The fraction of sp³-hybridized carbons (Fsp3) is 0.381. The van der Waals surface area contributed by atoms with Crippen LogP contribution in [0.3, 0.4) is 0 Å². The number of hydrogen-bond acceptors (Lipinski definition) is 4. The van der Waals surface area contributed by atoms with E-state index in [0.717, 1.165) is 5.75 Å². The molecule has 1 aliphatic heterocycles. The lowest BCUT2D eigenvalue weighted by Crippen LogP contribution is -2.41. The lowest BCUT2D eigenvalue weighted by atomic mass is 9.82. The van der Waals surface area contributed by atoms with Crippen LogP contribution >= 0.6 is 0 Å². The maximum Gasteiger partial charge on any atom is 0.525 e. The first kappa shape index (κ1) is 19.6. The highest BCUT2D eigenvalue weighted by Gasteiger charge is 2.53. The predicted octanol–water partition coefficient (Wildman–Crippen LogP) is 4.86. The maximum absolute atomic E-state index is 15.4. The van der Waals surface area contributed by atoms with Crippen LogP contribution in [0.25, 0.3) is 5.57 Å². The molecule has 0 amide bonds. The Morgan fingerprint density at radius 2 is 1.70 bits per heavy atom. The second-order valence-corrected chi connectivity index (χ2v) is 7.57. The Morgan fingerprint density at radius 3 is 2.30 bits per heavy atom. The van der Waals surface area contributed by atoms with Crippen LogP contribution in [0.2, 0.25) is 0 Å². The Kier molecular flexibility index (Phi) is 5.68. The first-order chi connectivity index (χ1) is 12.8. The number of rotatable bonds is 6. The van der Waals surface area contributed by atoms with Crippen LogP contribution in [-0.2, 0) is 9.31 Å². The molecule has 0 unspecified atom stereocenters. The van der Waals surface area contributed by atoms with Crippen molar-refractivity contribution in [3.8, 4) is 5.75 Å². The molecule has 1 aromatic carbocycles. The quantitative estimate of drug-likeness (QED) is 0.682. The van der Waals surface area contributed by atoms with Crippen LogP contribution < -0.4 is 4.74 Å². The molecule has 3 rings (SSSR count). The van der Waals surface area contributed by atoms with Gasteiger partial charge in [-0.3, -0.25) is 4.98 Å². The third-order valence-corrected chi connectivity index (χ3v) is 5.12. The van der Waals surface area contributed by atoms with E-state index in [-0.39, 0.29) is 0 Å². The Morgan fingerprint density at radius 1 is 1.04 bits per heavy atom. The number of para-hydroxylation sites is 1. The second kappa shape index (κ2) is 7.83. The van der Waals surface area contributed by atoms with Crippen molar-refractivity contribution in [3.05, 3.63) is 66.1 Å². The van der Waals surface area contributed by atoms with Crippen molar-refractivity contribution in [2.75, 3.05) is 6.61 Å². The summed E-state index contributed by atoms with van der Waals surface area (Å²) in [5.41, 5.74) is -0.456. The monoisotopic (exact) mass is 369 g/mol. The zero-order valence-corrected chi connectivity index (χ0v) is 16.2. The number of hydrogen-bond donors (Lipinski definition) is 0. The molecule has 142 valence electrons. The van der Waals surface area contributed by atoms with Crippen molar-refractivity contribution >= 4 is 12.7 Å². The van der Waals surface area contributed by atoms with Gasteiger partial charge in [0.1, 0.15) is 11.5 Å². The van der Waals surface area contributed by atoms with Crippen LogP contribution in [-0.4, -0.2) is 29.9 Å². The van der Waals surface area contributed by atoms with E-state index in [1.807, 2.05) is 64.1 Å². The number of nitrogens with zero attached hydrogens (tertiary/aromatic N) is 1. The summed E-state index contributed by atoms with van der Waals surface area (Å²) >= 11 is 0. The summed E-state index contributed by atoms with van der Waals surface area (Å²) in [5.74, 6) is 0.749. The molecule has 0 aliphatic carbocycles. The van der Waals surface area contributed by atoms with E-state index in [2.05, 4.69) is 4.98 Å². The Balaban J connectivity index is 1.82. The van der Waals surface area contributed by atoms with Crippen LogP contribution in [0, 0.1) is 0 Å². The van der Waals surface area contributed by atoms with Crippen LogP contribution in [0.15, 0.2) is 60.6 Å². The maximum atomic E-state index is 15.4. The average molecular weight is 369 g/mol. The molecule has 4 nitrogen and oxygen atoms in total. The average Bonchev–Trinajstić information content (AvgIpc) is 2.87. The van der Waals surface area contributed by atoms with Gasteiger partial charge in [-0.25, -0.2) is 4.39 Å². The van der Waals surface area contributed by atoms with Gasteiger partial charge in [0.05, 0.1) is 17.8 Å². The smallest absolute Gasteiger partial charge is 0.493 e. The lowest BCUT2D eigenvalue weighted by Gasteiger charge is -2.32. The predicted molar refractivity (Wildman–Crippen MR) is 105 cm³/mol. The van der Waals surface area contributed by atoms with Gasteiger partial charge in [0.15, 0.2) is 0 Å². The lowest BCUT2D eigenvalue weighted by molar-refractivity contribution is 0.00578. The van der Waals surface area contributed by atoms with E-state index < -0.39 is 24.0 Å². The topological polar surface area (TPSA) is 40.6 Å². The van der Waals surface area contributed by atoms with Crippen molar-refractivity contribution in [2.45, 2.75) is 45.3 Å². The number of pyridine rings is 1. The van der Waals surface area contributed by atoms with Gasteiger partial charge in [-0.2, -0.15) is 0 Å². The Bertz CT molecular complexity index is 778. The third-order valence-electron chi connectivity index (χ3n) is 5.12. The van der Waals surface area contributed by atoms with Crippen molar-refractivity contribution in [1.29, 1.82) is 0 Å². The largest absolute Gasteiger partial charge is 0.525 e. The van der Waals surface area contributed by atoms with Gasteiger partial charge in [-0.05, 0) is 57.0 Å². The zero-order valence-electron chi connectivity index (χ0n) is 16.2. The molecule has 1 saturated heterocycles. The number of aromatic nitrogens is 1. The van der Waals surface area contributed by atoms with Gasteiger partial charge < -0.3 is 14.0 Å². The molecule has 2 aromatic rings. The van der Waals surface area contributed by atoms with Crippen molar-refractivity contribution in [1.82, 2.24) is 4.98 Å². The van der Waals surface area contributed by atoms with Crippen LogP contribution in [0.4, 0.5) is 4.39 Å². The molecule has 2 heterocycles. The second-order valence-electron chi connectivity index (χ2n) is 7.57. The fourth-order valence-corrected chi connectivity index (χ4v) is 2.82. The summed E-state index contributed by atoms with van der Waals surface area (Å²) in [6.45, 7) is 7.96. The molecule has 1 aliphatic rings. The zero-order chi connectivity index (χ0) is 19.5. The molecular weight excluding hydrogens is 344 g/mol. The summed E-state index contributed by atoms with van der Waals surface area (Å²) in [7, 11) is -1.04. The number of halogens is 1. The molecule has 0 radical (unpaired) electrons. The normalized spacial score (nSPS) is 18.9. The highest BCUT2D eigenvalue weighted by molar-refractivity contribution is 6.55. The van der Waals surface area contributed by atoms with Gasteiger partial charge in [0.25, 0.3) is 0 Å². The van der Waals surface area contributed by atoms with Crippen molar-refractivity contribution in [3.63, 3.8) is 0 Å². The Hall–Kier alpha value is -2.18. The van der Waals surface area contributed by atoms with Gasteiger partial charge in [0.2, 0.25) is 0 Å². The minimum Gasteiger partial charge on any atom is -0.493 e. The first-order valence-corrected chi connectivity index (χ1v) is 9.12. The first-order valence-electron chi connectivity index (χ1n) is 9.12. The summed E-state index contributed by atoms with van der Waals surface area (Å²) in [6.07, 6.45) is 3.67. The van der Waals surface area contributed by atoms with Gasteiger partial charge in [-0.1, -0.05) is 24.3 Å². The molecule has 0 spiro atoms. The third kappa shape index (κ3) is 4.39. The molecular formula is C21H25BFNO3. The molecule has 1 fully saturated rings. The molecule has 0 atom stereocenters. The molecule has 27 heavy (non-hydrogen) atoms. The van der Waals surface area contributed by atoms with Gasteiger partial charge >= 0.3 is 7.12 Å². The highest BCUT2D eigenvalue weighted by Crippen LogP contribution is 2.40. The van der Waals surface area contributed by atoms with E-state index >= 15 is 4.39 Å². The van der Waals surface area contributed by atoms with Crippen molar-refractivity contribution in [2.24, 2.45) is 0 Å². The Labute approximate surface area is 160 Å². The highest BCUT2D eigenvalue weighted by atomic mass is 19.1. The van der Waals surface area contributed by atoms with E-state index in [9.17, 15) is 0 Å². The SMILES string of the molecule is CC1(C)OB(C(F)=C(CCOc2ccccc2)c2cccnc2)OC1(C)C. The molecule has 0 saturated carbocycles. The summed E-state index contributed by atoms with van der Waals surface area (Å²) in [4.78, 5) is 4.11. The van der Waals surface area contributed by atoms with Gasteiger partial charge in [0, 0.05) is 18.8 Å². The van der Waals surface area contributed by atoms with E-state index in [0.29, 0.717) is 24.2 Å². The summed E-state index contributed by atoms with van der Waals surface area (Å²) in [6, 6.07) is 13.1. The number of benzene rings is 1. The van der Waals surface area contributed by atoms with Crippen molar-refractivity contribution < 1.29 is 18.4 Å². The van der Waals surface area contributed by atoms with Crippen LogP contribution in [0.5, 0.6) is 5.75 Å². The molecule has 0 bridgehead atoms.